The van der Waals surface area contributed by atoms with E-state index in [1.54, 1.807) is 0 Å². The Hall–Kier alpha value is -1.11. The van der Waals surface area contributed by atoms with Gasteiger partial charge in [0.05, 0.1) is 0 Å². The lowest BCUT2D eigenvalue weighted by atomic mass is 9.82. The van der Waals surface area contributed by atoms with Crippen LogP contribution in [0.5, 0.6) is 0 Å². The van der Waals surface area contributed by atoms with Gasteiger partial charge >= 0.3 is 0 Å². The predicted molar refractivity (Wildman–Crippen MR) is 51.8 cm³/mol. The molecule has 1 aromatic heterocycles. The summed E-state index contributed by atoms with van der Waals surface area (Å²) in [6.07, 6.45) is 14.4. The van der Waals surface area contributed by atoms with Crippen LogP contribution in [-0.2, 0) is 0 Å². The van der Waals surface area contributed by atoms with Gasteiger partial charge < -0.3 is 0 Å². The summed E-state index contributed by atoms with van der Waals surface area (Å²) in [5.41, 5.74) is 2.50. The minimum absolute atomic E-state index is 1.21. The molecule has 1 heterocycles. The second kappa shape index (κ2) is 2.69. The maximum absolute atomic E-state index is 4.10. The van der Waals surface area contributed by atoms with Gasteiger partial charge in [-0.15, -0.1) is 0 Å². The smallest absolute Gasteiger partial charge is 0.0343 e. The zero-order valence-electron chi connectivity index (χ0n) is 7.07. The standard InChI is InChI=1S/C12H8N/c1-2-9-4-5-10-8-13-7-6-12(10)11(9)3-1/h1-8H. The van der Waals surface area contributed by atoms with Crippen LogP contribution in [0.3, 0.4) is 0 Å². The van der Waals surface area contributed by atoms with Crippen LogP contribution in [0, 0.1) is 31.1 Å². The van der Waals surface area contributed by atoms with E-state index in [0.717, 1.165) is 0 Å². The van der Waals surface area contributed by atoms with Gasteiger partial charge in [-0.05, 0) is 36.5 Å². The lowest BCUT2D eigenvalue weighted by Crippen LogP contribution is -2.08. The highest BCUT2D eigenvalue weighted by atomic mass is 14.6. The highest BCUT2D eigenvalue weighted by Gasteiger charge is 2.32. The summed E-state index contributed by atoms with van der Waals surface area (Å²) in [5.74, 6) is 2.62. The highest BCUT2D eigenvalue weighted by Crippen LogP contribution is 2.43. The third-order valence-corrected chi connectivity index (χ3v) is 2.43. The van der Waals surface area contributed by atoms with Crippen LogP contribution in [0.15, 0.2) is 24.5 Å². The van der Waals surface area contributed by atoms with Crippen molar-refractivity contribution in [3.63, 3.8) is 0 Å². The number of nitrogens with zero attached hydrogens (tertiary/aromatic N) is 1. The van der Waals surface area contributed by atoms with Crippen molar-refractivity contribution in [2.75, 3.05) is 0 Å². The van der Waals surface area contributed by atoms with E-state index < -0.39 is 0 Å². The van der Waals surface area contributed by atoms with Gasteiger partial charge in [0.1, 0.15) is 0 Å². The molecule has 0 saturated heterocycles. The van der Waals surface area contributed by atoms with E-state index in [2.05, 4.69) is 42.5 Å². The van der Waals surface area contributed by atoms with E-state index in [0.29, 0.717) is 0 Å². The van der Waals surface area contributed by atoms with Gasteiger partial charge in [0, 0.05) is 24.2 Å². The fourth-order valence-electron chi connectivity index (χ4n) is 1.79. The van der Waals surface area contributed by atoms with Gasteiger partial charge in [0.25, 0.3) is 0 Å². The molecule has 0 atom stereocenters. The third kappa shape index (κ3) is 1.03. The van der Waals surface area contributed by atoms with Gasteiger partial charge in [-0.1, -0.05) is 12.2 Å². The molecule has 3 rings (SSSR count). The molecule has 0 unspecified atom stereocenters. The van der Waals surface area contributed by atoms with Crippen LogP contribution < -0.4 is 0 Å². The number of allylic oxidation sites excluding steroid dienone is 1. The van der Waals surface area contributed by atoms with Crippen LogP contribution in [0.1, 0.15) is 11.1 Å². The SMILES string of the molecule is [CH]1[CH][C]2C=Cc3cnccc3[C]2[CH]1. The summed E-state index contributed by atoms with van der Waals surface area (Å²) >= 11 is 0. The van der Waals surface area contributed by atoms with Crippen molar-refractivity contribution in [2.45, 2.75) is 0 Å². The van der Waals surface area contributed by atoms with Gasteiger partial charge in [-0.25, -0.2) is 0 Å². The van der Waals surface area contributed by atoms with Crippen molar-refractivity contribution in [1.82, 2.24) is 4.98 Å². The number of pyridine rings is 1. The molecule has 1 fully saturated rings. The Morgan fingerprint density at radius 1 is 1.08 bits per heavy atom. The van der Waals surface area contributed by atoms with Crippen LogP contribution in [0.25, 0.3) is 6.08 Å². The summed E-state index contributed by atoms with van der Waals surface area (Å²) in [6, 6.07) is 2.07. The fourth-order valence-corrected chi connectivity index (χ4v) is 1.79. The summed E-state index contributed by atoms with van der Waals surface area (Å²) in [6.45, 7) is 0. The molecule has 0 spiro atoms. The van der Waals surface area contributed by atoms with Crippen molar-refractivity contribution in [3.05, 3.63) is 66.8 Å². The Morgan fingerprint density at radius 3 is 3.08 bits per heavy atom. The van der Waals surface area contributed by atoms with Crippen LogP contribution in [-0.4, -0.2) is 4.98 Å². The Morgan fingerprint density at radius 2 is 2.08 bits per heavy atom. The first-order valence-corrected chi connectivity index (χ1v) is 4.33. The Kier molecular flexibility index (Phi) is 1.51. The molecule has 61 valence electrons. The second-order valence-corrected chi connectivity index (χ2v) is 3.19. The average Bonchev–Trinajstić information content (AvgIpc) is 2.65. The second-order valence-electron chi connectivity index (χ2n) is 3.19. The van der Waals surface area contributed by atoms with Gasteiger partial charge in [-0.2, -0.15) is 0 Å². The number of fused-ring (bicyclic) bond motifs is 3. The van der Waals surface area contributed by atoms with Crippen LogP contribution in [0.2, 0.25) is 0 Å². The molecule has 1 aromatic rings. The molecule has 1 nitrogen and oxygen atoms in total. The Balaban J connectivity index is 2.13. The molecular weight excluding hydrogens is 158 g/mol. The highest BCUT2D eigenvalue weighted by molar-refractivity contribution is 5.73. The van der Waals surface area contributed by atoms with Crippen molar-refractivity contribution >= 4 is 6.08 Å². The Bertz CT molecular complexity index is 354. The van der Waals surface area contributed by atoms with Crippen molar-refractivity contribution < 1.29 is 0 Å². The molecule has 0 N–H and O–H groups in total. The van der Waals surface area contributed by atoms with Crippen LogP contribution >= 0.6 is 0 Å². The molecule has 1 saturated carbocycles. The molecule has 5 radical (unpaired) electrons. The molecule has 0 aliphatic heterocycles. The Labute approximate surface area is 78.5 Å². The molecule has 1 heteroatoms. The number of hydrogen-bond acceptors (Lipinski definition) is 1. The molecule has 0 amide bonds. The number of rotatable bonds is 0. The topological polar surface area (TPSA) is 12.9 Å². The van der Waals surface area contributed by atoms with E-state index in [1.807, 2.05) is 12.4 Å². The van der Waals surface area contributed by atoms with E-state index >= 15 is 0 Å². The number of aromatic nitrogens is 1. The minimum Gasteiger partial charge on any atom is -0.264 e. The maximum atomic E-state index is 4.10. The molecule has 0 aromatic carbocycles. The zero-order chi connectivity index (χ0) is 8.67. The van der Waals surface area contributed by atoms with Gasteiger partial charge in [0.15, 0.2) is 0 Å². The average molecular weight is 166 g/mol. The van der Waals surface area contributed by atoms with Crippen molar-refractivity contribution in [3.8, 4) is 0 Å². The molecule has 2 aliphatic rings. The van der Waals surface area contributed by atoms with Gasteiger partial charge in [-0.3, -0.25) is 4.98 Å². The summed E-state index contributed by atoms with van der Waals surface area (Å²) in [5, 5.41) is 0. The minimum atomic E-state index is 1.21. The number of hydrogen-bond donors (Lipinski definition) is 0. The summed E-state index contributed by atoms with van der Waals surface area (Å²) in [7, 11) is 0. The van der Waals surface area contributed by atoms with E-state index in [-0.39, 0.29) is 0 Å². The molecule has 0 bridgehead atoms. The molecule has 13 heavy (non-hydrogen) atoms. The predicted octanol–water partition coefficient (Wildman–Crippen LogP) is 2.23. The fraction of sp³-hybridized carbons (Fsp3) is 0. The van der Waals surface area contributed by atoms with Gasteiger partial charge in [0.2, 0.25) is 0 Å². The van der Waals surface area contributed by atoms with Crippen LogP contribution in [0.4, 0.5) is 0 Å². The lowest BCUT2D eigenvalue weighted by Gasteiger charge is -2.21. The first-order valence-electron chi connectivity index (χ1n) is 4.33. The lowest BCUT2D eigenvalue weighted by molar-refractivity contribution is 1.14. The largest absolute Gasteiger partial charge is 0.264 e. The quantitative estimate of drug-likeness (QED) is 0.576. The van der Waals surface area contributed by atoms with Crippen molar-refractivity contribution in [2.24, 2.45) is 0 Å². The zero-order valence-corrected chi connectivity index (χ0v) is 7.07. The molecule has 2 aliphatic carbocycles. The van der Waals surface area contributed by atoms with E-state index in [4.69, 9.17) is 0 Å². The molecular formula is C12H8N. The van der Waals surface area contributed by atoms with E-state index in [9.17, 15) is 0 Å². The van der Waals surface area contributed by atoms with E-state index in [1.165, 1.54) is 23.0 Å². The first kappa shape index (κ1) is 7.31. The summed E-state index contributed by atoms with van der Waals surface area (Å²) in [4.78, 5) is 4.10. The normalized spacial score (nSPS) is 21.5. The monoisotopic (exact) mass is 166 g/mol. The summed E-state index contributed by atoms with van der Waals surface area (Å²) < 4.78 is 0. The third-order valence-electron chi connectivity index (χ3n) is 2.43. The maximum Gasteiger partial charge on any atom is 0.0343 e. The van der Waals surface area contributed by atoms with Crippen molar-refractivity contribution in [1.29, 1.82) is 0 Å². The first-order chi connectivity index (χ1) is 6.45.